The van der Waals surface area contributed by atoms with Crippen LogP contribution < -0.4 is 5.32 Å². The van der Waals surface area contributed by atoms with E-state index in [4.69, 9.17) is 4.42 Å². The molecule has 0 saturated carbocycles. The summed E-state index contributed by atoms with van der Waals surface area (Å²) in [4.78, 5) is 2.32. The summed E-state index contributed by atoms with van der Waals surface area (Å²) in [6.45, 7) is 5.90. The van der Waals surface area contributed by atoms with E-state index in [0.717, 1.165) is 31.9 Å². The molecule has 3 nitrogen and oxygen atoms in total. The Morgan fingerprint density at radius 2 is 2.11 bits per heavy atom. The molecule has 0 atom stereocenters. The summed E-state index contributed by atoms with van der Waals surface area (Å²) < 4.78 is 5.27. The molecule has 1 aromatic heterocycles. The highest BCUT2D eigenvalue weighted by Crippen LogP contribution is 2.06. The quantitative estimate of drug-likeness (QED) is 0.774. The van der Waals surface area contributed by atoms with Gasteiger partial charge in [-0.1, -0.05) is 29.8 Å². The van der Waals surface area contributed by atoms with Gasteiger partial charge in [0.2, 0.25) is 0 Å². The zero-order chi connectivity index (χ0) is 13.5. The second-order valence-corrected chi connectivity index (χ2v) is 4.98. The molecule has 0 amide bonds. The van der Waals surface area contributed by atoms with Crippen molar-refractivity contribution >= 4 is 0 Å². The summed E-state index contributed by atoms with van der Waals surface area (Å²) in [6.07, 6.45) is 1.71. The van der Waals surface area contributed by atoms with E-state index in [9.17, 15) is 0 Å². The van der Waals surface area contributed by atoms with Crippen LogP contribution in [0.1, 0.15) is 16.9 Å². The van der Waals surface area contributed by atoms with Crippen molar-refractivity contribution < 1.29 is 4.42 Å². The fourth-order valence-electron chi connectivity index (χ4n) is 2.10. The van der Waals surface area contributed by atoms with Gasteiger partial charge in [0.15, 0.2) is 0 Å². The van der Waals surface area contributed by atoms with Crippen LogP contribution >= 0.6 is 0 Å². The molecule has 19 heavy (non-hydrogen) atoms. The molecule has 1 heterocycles. The van der Waals surface area contributed by atoms with Crippen molar-refractivity contribution in [1.82, 2.24) is 10.2 Å². The van der Waals surface area contributed by atoms with E-state index >= 15 is 0 Å². The Balaban J connectivity index is 1.65. The van der Waals surface area contributed by atoms with Gasteiger partial charge in [0.1, 0.15) is 5.76 Å². The fourth-order valence-corrected chi connectivity index (χ4v) is 2.10. The smallest absolute Gasteiger partial charge is 0.117 e. The number of benzene rings is 1. The maximum absolute atomic E-state index is 5.27. The molecule has 2 rings (SSSR count). The lowest BCUT2D eigenvalue weighted by Crippen LogP contribution is -2.28. The first-order valence-corrected chi connectivity index (χ1v) is 6.71. The van der Waals surface area contributed by atoms with E-state index in [2.05, 4.69) is 48.5 Å². The summed E-state index contributed by atoms with van der Waals surface area (Å²) in [5.74, 6) is 0.987. The van der Waals surface area contributed by atoms with Crippen LogP contribution in [0.3, 0.4) is 0 Å². The maximum atomic E-state index is 5.27. The first kappa shape index (κ1) is 13.8. The number of aryl methyl sites for hydroxylation is 1. The van der Waals surface area contributed by atoms with Crippen LogP contribution in [0.4, 0.5) is 0 Å². The molecule has 102 valence electrons. The van der Waals surface area contributed by atoms with Crippen molar-refractivity contribution in [1.29, 1.82) is 0 Å². The number of likely N-dealkylation sites (N-methyl/N-ethyl adjacent to an activating group) is 1. The third-order valence-electron chi connectivity index (χ3n) is 3.08. The van der Waals surface area contributed by atoms with Crippen LogP contribution in [0, 0.1) is 6.92 Å². The van der Waals surface area contributed by atoms with Crippen molar-refractivity contribution in [3.8, 4) is 0 Å². The van der Waals surface area contributed by atoms with Crippen LogP contribution in [0.25, 0.3) is 0 Å². The Morgan fingerprint density at radius 3 is 2.84 bits per heavy atom. The van der Waals surface area contributed by atoms with Crippen LogP contribution in [-0.2, 0) is 13.1 Å². The molecule has 1 aromatic carbocycles. The standard InChI is InChI=1S/C16H22N2O/c1-14-5-3-6-15(11-14)13-18(2)9-8-17-12-16-7-4-10-19-16/h3-7,10-11,17H,8-9,12-13H2,1-2H3. The molecule has 1 N–H and O–H groups in total. The molecule has 0 aliphatic carbocycles. The first-order chi connectivity index (χ1) is 9.24. The van der Waals surface area contributed by atoms with Gasteiger partial charge in [-0.05, 0) is 31.7 Å². The minimum absolute atomic E-state index is 0.797. The number of nitrogens with zero attached hydrogens (tertiary/aromatic N) is 1. The van der Waals surface area contributed by atoms with E-state index in [1.165, 1.54) is 11.1 Å². The van der Waals surface area contributed by atoms with Crippen molar-refractivity contribution in [2.75, 3.05) is 20.1 Å². The lowest BCUT2D eigenvalue weighted by molar-refractivity contribution is 0.321. The van der Waals surface area contributed by atoms with E-state index in [1.807, 2.05) is 12.1 Å². The number of furan rings is 1. The Hall–Kier alpha value is -1.58. The number of hydrogen-bond acceptors (Lipinski definition) is 3. The second-order valence-electron chi connectivity index (χ2n) is 4.98. The second kappa shape index (κ2) is 7.12. The topological polar surface area (TPSA) is 28.4 Å². The highest BCUT2D eigenvalue weighted by molar-refractivity contribution is 5.21. The summed E-state index contributed by atoms with van der Waals surface area (Å²) in [5, 5.41) is 3.38. The van der Waals surface area contributed by atoms with Crippen molar-refractivity contribution in [2.24, 2.45) is 0 Å². The van der Waals surface area contributed by atoms with E-state index < -0.39 is 0 Å². The van der Waals surface area contributed by atoms with Gasteiger partial charge in [0, 0.05) is 19.6 Å². The molecule has 0 bridgehead atoms. The number of rotatable bonds is 7. The average Bonchev–Trinajstić information content (AvgIpc) is 2.88. The lowest BCUT2D eigenvalue weighted by atomic mass is 10.1. The Bertz CT molecular complexity index is 479. The molecule has 0 aliphatic rings. The third kappa shape index (κ3) is 4.89. The van der Waals surface area contributed by atoms with Crippen molar-refractivity contribution in [3.63, 3.8) is 0 Å². The number of nitrogens with one attached hydrogen (secondary N) is 1. The molecule has 3 heteroatoms. The predicted molar refractivity (Wildman–Crippen MR) is 77.9 cm³/mol. The molecular weight excluding hydrogens is 236 g/mol. The van der Waals surface area contributed by atoms with Gasteiger partial charge >= 0.3 is 0 Å². The van der Waals surface area contributed by atoms with Gasteiger partial charge in [-0.25, -0.2) is 0 Å². The normalized spacial score (nSPS) is 11.1. The largest absolute Gasteiger partial charge is 0.468 e. The summed E-state index contributed by atoms with van der Waals surface area (Å²) in [5.41, 5.74) is 2.69. The van der Waals surface area contributed by atoms with Gasteiger partial charge in [-0.15, -0.1) is 0 Å². The lowest BCUT2D eigenvalue weighted by Gasteiger charge is -2.17. The van der Waals surface area contributed by atoms with Gasteiger partial charge in [-0.2, -0.15) is 0 Å². The Morgan fingerprint density at radius 1 is 1.21 bits per heavy atom. The highest BCUT2D eigenvalue weighted by atomic mass is 16.3. The van der Waals surface area contributed by atoms with Gasteiger partial charge in [0.05, 0.1) is 12.8 Å². The minimum Gasteiger partial charge on any atom is -0.468 e. The molecule has 0 saturated heterocycles. The minimum atomic E-state index is 0.797. The van der Waals surface area contributed by atoms with Crippen molar-refractivity contribution in [2.45, 2.75) is 20.0 Å². The summed E-state index contributed by atoms with van der Waals surface area (Å²) >= 11 is 0. The van der Waals surface area contributed by atoms with Crippen LogP contribution in [-0.4, -0.2) is 25.0 Å². The predicted octanol–water partition coefficient (Wildman–Crippen LogP) is 2.81. The van der Waals surface area contributed by atoms with Gasteiger partial charge in [0.25, 0.3) is 0 Å². The Labute approximate surface area is 115 Å². The zero-order valence-corrected chi connectivity index (χ0v) is 11.7. The molecule has 0 spiro atoms. The van der Waals surface area contributed by atoms with Gasteiger partial charge in [-0.3, -0.25) is 0 Å². The maximum Gasteiger partial charge on any atom is 0.117 e. The van der Waals surface area contributed by atoms with E-state index in [1.54, 1.807) is 6.26 Å². The summed E-state index contributed by atoms with van der Waals surface area (Å²) in [7, 11) is 2.15. The average molecular weight is 258 g/mol. The molecule has 0 unspecified atom stereocenters. The molecule has 0 radical (unpaired) electrons. The SMILES string of the molecule is Cc1cccc(CN(C)CCNCc2ccco2)c1. The summed E-state index contributed by atoms with van der Waals surface area (Å²) in [6, 6.07) is 12.6. The molecule has 0 fully saturated rings. The third-order valence-corrected chi connectivity index (χ3v) is 3.08. The first-order valence-electron chi connectivity index (χ1n) is 6.71. The Kier molecular flexibility index (Phi) is 5.19. The molecule has 2 aromatic rings. The van der Waals surface area contributed by atoms with E-state index in [0.29, 0.717) is 0 Å². The fraction of sp³-hybridized carbons (Fsp3) is 0.375. The van der Waals surface area contributed by atoms with E-state index in [-0.39, 0.29) is 0 Å². The highest BCUT2D eigenvalue weighted by Gasteiger charge is 2.01. The van der Waals surface area contributed by atoms with Gasteiger partial charge < -0.3 is 14.6 Å². The van der Waals surface area contributed by atoms with Crippen LogP contribution in [0.5, 0.6) is 0 Å². The molecule has 0 aliphatic heterocycles. The molecular formula is C16H22N2O. The zero-order valence-electron chi connectivity index (χ0n) is 11.7. The van der Waals surface area contributed by atoms with Crippen LogP contribution in [0.2, 0.25) is 0 Å². The number of hydrogen-bond donors (Lipinski definition) is 1. The monoisotopic (exact) mass is 258 g/mol. The van der Waals surface area contributed by atoms with Crippen LogP contribution in [0.15, 0.2) is 47.1 Å². The van der Waals surface area contributed by atoms with Crippen molar-refractivity contribution in [3.05, 3.63) is 59.5 Å².